The summed E-state index contributed by atoms with van der Waals surface area (Å²) in [6.45, 7) is 1.68. The number of benzene rings is 2. The first-order chi connectivity index (χ1) is 16.9. The van der Waals surface area contributed by atoms with Crippen molar-refractivity contribution in [2.24, 2.45) is 0 Å². The Morgan fingerprint density at radius 3 is 2.49 bits per heavy atom. The van der Waals surface area contributed by atoms with Crippen molar-refractivity contribution in [3.63, 3.8) is 0 Å². The fourth-order valence-electron chi connectivity index (χ4n) is 4.01. The molecule has 1 aliphatic heterocycles. The average molecular weight is 491 g/mol. The number of amides is 4. The van der Waals surface area contributed by atoms with Crippen molar-refractivity contribution < 1.29 is 14.4 Å². The number of imide groups is 1. The van der Waals surface area contributed by atoms with Gasteiger partial charge in [0, 0.05) is 5.92 Å². The Bertz CT molecular complexity index is 1240. The van der Waals surface area contributed by atoms with Gasteiger partial charge in [0.2, 0.25) is 11.1 Å². The first-order valence-electron chi connectivity index (χ1n) is 11.6. The summed E-state index contributed by atoms with van der Waals surface area (Å²) in [5.74, 6) is 0.294. The Labute approximate surface area is 207 Å². The molecule has 4 amide bonds. The van der Waals surface area contributed by atoms with Gasteiger partial charge in [-0.25, -0.2) is 14.5 Å². The molecule has 10 heteroatoms. The predicted molar refractivity (Wildman–Crippen MR) is 131 cm³/mol. The van der Waals surface area contributed by atoms with Gasteiger partial charge in [0.15, 0.2) is 0 Å². The first-order valence-corrected chi connectivity index (χ1v) is 12.6. The molecular formula is C25H26N6O3S. The number of hydrazine groups is 1. The molecule has 2 aliphatic rings. The highest BCUT2D eigenvalue weighted by molar-refractivity contribution is 7.99. The van der Waals surface area contributed by atoms with Crippen molar-refractivity contribution >= 4 is 29.6 Å². The number of nitrogens with one attached hydrogen (secondary N) is 2. The van der Waals surface area contributed by atoms with Crippen LogP contribution in [0.5, 0.6) is 0 Å². The third-order valence-corrected chi connectivity index (χ3v) is 6.98. The van der Waals surface area contributed by atoms with Gasteiger partial charge >= 0.3 is 6.03 Å². The van der Waals surface area contributed by atoms with E-state index in [1.54, 1.807) is 6.92 Å². The van der Waals surface area contributed by atoms with Crippen molar-refractivity contribution in [2.75, 3.05) is 5.75 Å². The lowest BCUT2D eigenvalue weighted by atomic mass is 9.93. The maximum Gasteiger partial charge on any atom is 0.344 e. The van der Waals surface area contributed by atoms with Crippen LogP contribution in [0.1, 0.15) is 43.5 Å². The predicted octanol–water partition coefficient (Wildman–Crippen LogP) is 3.21. The molecule has 0 bridgehead atoms. The Morgan fingerprint density at radius 2 is 1.80 bits per heavy atom. The van der Waals surface area contributed by atoms with Crippen LogP contribution in [0.25, 0.3) is 5.69 Å². The lowest BCUT2D eigenvalue weighted by Crippen LogP contribution is -2.49. The molecule has 1 aliphatic carbocycles. The third-order valence-electron chi connectivity index (χ3n) is 6.14. The van der Waals surface area contributed by atoms with Crippen LogP contribution < -0.4 is 10.7 Å². The quantitative estimate of drug-likeness (QED) is 0.352. The number of aryl methyl sites for hydroxylation is 1. The van der Waals surface area contributed by atoms with E-state index in [0.717, 1.165) is 34.9 Å². The minimum atomic E-state index is -1.08. The second-order valence-electron chi connectivity index (χ2n) is 8.99. The summed E-state index contributed by atoms with van der Waals surface area (Å²) in [7, 11) is 0. The Balaban J connectivity index is 1.19. The number of para-hydroxylation sites is 1. The molecule has 1 saturated heterocycles. The molecule has 9 nitrogen and oxygen atoms in total. The van der Waals surface area contributed by atoms with Crippen LogP contribution in [0.4, 0.5) is 4.79 Å². The zero-order valence-corrected chi connectivity index (χ0v) is 20.1. The SMILES string of the molecule is C[C@@]1(CCc2ccccc2)NC(=O)N(NC(=O)CSc2nc(C3CC3)n(-c3ccccc3)n2)C1=O. The molecule has 0 radical (unpaired) electrons. The lowest BCUT2D eigenvalue weighted by molar-refractivity contribution is -0.138. The van der Waals surface area contributed by atoms with E-state index in [2.05, 4.69) is 20.8 Å². The number of thioether (sulfide) groups is 1. The molecule has 180 valence electrons. The molecule has 2 aromatic carbocycles. The van der Waals surface area contributed by atoms with E-state index < -0.39 is 23.4 Å². The van der Waals surface area contributed by atoms with Crippen LogP contribution in [0.2, 0.25) is 0 Å². The summed E-state index contributed by atoms with van der Waals surface area (Å²) >= 11 is 1.17. The third kappa shape index (κ3) is 5.07. The first kappa shape index (κ1) is 23.1. The lowest BCUT2D eigenvalue weighted by Gasteiger charge is -2.21. The second kappa shape index (κ2) is 9.53. The van der Waals surface area contributed by atoms with Crippen LogP contribution in [0.15, 0.2) is 65.8 Å². The van der Waals surface area contributed by atoms with Crippen LogP contribution in [0, 0.1) is 0 Å². The normalized spacial score (nSPS) is 19.6. The summed E-state index contributed by atoms with van der Waals surface area (Å²) in [5.41, 5.74) is 3.35. The molecule has 2 heterocycles. The molecule has 2 N–H and O–H groups in total. The standard InChI is InChI=1S/C25H26N6O3S/c1-25(15-14-17-8-4-2-5-9-17)22(33)31(24(34)27-25)28-20(32)16-35-23-26-21(18-12-13-18)30(29-23)19-10-6-3-7-11-19/h2-11,18H,12-16H2,1H3,(H,27,34)(H,28,32)/t25-/m0/s1. The maximum atomic E-state index is 12.9. The van der Waals surface area contributed by atoms with Gasteiger partial charge in [-0.2, -0.15) is 5.01 Å². The van der Waals surface area contributed by atoms with Gasteiger partial charge in [-0.3, -0.25) is 15.0 Å². The molecule has 1 atom stereocenters. The number of rotatable bonds is 9. The number of urea groups is 1. The van der Waals surface area contributed by atoms with E-state index in [4.69, 9.17) is 0 Å². The number of nitrogens with zero attached hydrogens (tertiary/aromatic N) is 4. The number of carbonyl (C=O) groups excluding carboxylic acids is 3. The van der Waals surface area contributed by atoms with Gasteiger partial charge in [-0.15, -0.1) is 5.10 Å². The van der Waals surface area contributed by atoms with E-state index in [1.165, 1.54) is 11.8 Å². The molecule has 1 aromatic heterocycles. The zero-order valence-electron chi connectivity index (χ0n) is 19.3. The fourth-order valence-corrected chi connectivity index (χ4v) is 4.63. The summed E-state index contributed by atoms with van der Waals surface area (Å²) in [6, 6.07) is 18.9. The van der Waals surface area contributed by atoms with E-state index in [-0.39, 0.29) is 5.75 Å². The van der Waals surface area contributed by atoms with Crippen LogP contribution in [0.3, 0.4) is 0 Å². The largest absolute Gasteiger partial charge is 0.344 e. The fraction of sp³-hybridized carbons (Fsp3) is 0.320. The maximum absolute atomic E-state index is 12.9. The van der Waals surface area contributed by atoms with Gasteiger partial charge in [-0.05, 0) is 50.3 Å². The van der Waals surface area contributed by atoms with E-state index in [1.807, 2.05) is 65.3 Å². The van der Waals surface area contributed by atoms with Gasteiger partial charge < -0.3 is 5.32 Å². The highest BCUT2D eigenvalue weighted by atomic mass is 32.2. The number of hydrogen-bond acceptors (Lipinski definition) is 6. The molecule has 0 spiro atoms. The number of carbonyl (C=O) groups is 3. The topological polar surface area (TPSA) is 109 Å². The molecule has 2 fully saturated rings. The van der Waals surface area contributed by atoms with Gasteiger partial charge in [0.25, 0.3) is 5.91 Å². The van der Waals surface area contributed by atoms with Crippen molar-refractivity contribution in [2.45, 2.75) is 49.2 Å². The van der Waals surface area contributed by atoms with Gasteiger partial charge in [0.1, 0.15) is 11.4 Å². The van der Waals surface area contributed by atoms with Crippen LogP contribution in [-0.4, -0.2) is 48.9 Å². The second-order valence-corrected chi connectivity index (χ2v) is 9.93. The Hall–Kier alpha value is -3.66. The van der Waals surface area contributed by atoms with Crippen LogP contribution in [-0.2, 0) is 16.0 Å². The highest BCUT2D eigenvalue weighted by Crippen LogP contribution is 2.40. The minimum absolute atomic E-state index is 0.0271. The molecule has 1 saturated carbocycles. The molecule has 3 aromatic rings. The van der Waals surface area contributed by atoms with Crippen molar-refractivity contribution in [1.82, 2.24) is 30.5 Å². The summed E-state index contributed by atoms with van der Waals surface area (Å²) in [4.78, 5) is 42.6. The molecule has 35 heavy (non-hydrogen) atoms. The Kier molecular flexibility index (Phi) is 6.29. The van der Waals surface area contributed by atoms with Gasteiger partial charge in [0.05, 0.1) is 11.4 Å². The van der Waals surface area contributed by atoms with Crippen molar-refractivity contribution in [1.29, 1.82) is 0 Å². The highest BCUT2D eigenvalue weighted by Gasteiger charge is 2.48. The van der Waals surface area contributed by atoms with Crippen molar-refractivity contribution in [3.8, 4) is 5.69 Å². The molecule has 5 rings (SSSR count). The molecule has 0 unspecified atom stereocenters. The minimum Gasteiger partial charge on any atom is -0.322 e. The summed E-state index contributed by atoms with van der Waals surface area (Å²) in [5, 5.41) is 8.56. The van der Waals surface area contributed by atoms with Gasteiger partial charge in [-0.1, -0.05) is 60.3 Å². The average Bonchev–Trinajstić information content (AvgIpc) is 3.60. The van der Waals surface area contributed by atoms with Crippen molar-refractivity contribution in [3.05, 3.63) is 72.1 Å². The number of hydrogen-bond donors (Lipinski definition) is 2. The monoisotopic (exact) mass is 490 g/mol. The number of aromatic nitrogens is 3. The van der Waals surface area contributed by atoms with Crippen LogP contribution >= 0.6 is 11.8 Å². The Morgan fingerprint density at radius 1 is 1.11 bits per heavy atom. The van der Waals surface area contributed by atoms with E-state index in [9.17, 15) is 14.4 Å². The zero-order chi connectivity index (χ0) is 24.4. The summed E-state index contributed by atoms with van der Waals surface area (Å²) in [6.07, 6.45) is 3.20. The molecular weight excluding hydrogens is 464 g/mol. The van der Waals surface area contributed by atoms with E-state index >= 15 is 0 Å². The summed E-state index contributed by atoms with van der Waals surface area (Å²) < 4.78 is 1.83. The smallest absolute Gasteiger partial charge is 0.322 e. The van der Waals surface area contributed by atoms with E-state index in [0.29, 0.717) is 23.9 Å².